The molecule has 6 heterocycles. The summed E-state index contributed by atoms with van der Waals surface area (Å²) in [6.07, 6.45) is 0. The average molecular weight is 755 g/mol. The molecule has 58 heavy (non-hydrogen) atoms. The number of benzene rings is 8. The van der Waals surface area contributed by atoms with Gasteiger partial charge in [-0.25, -0.2) is 0 Å². The van der Waals surface area contributed by atoms with E-state index >= 15 is 0 Å². The van der Waals surface area contributed by atoms with Crippen LogP contribution < -0.4 is 21.3 Å². The Labute approximate surface area is 337 Å². The van der Waals surface area contributed by atoms with Crippen molar-refractivity contribution < 1.29 is 0 Å². The van der Waals surface area contributed by atoms with Crippen molar-refractivity contribution in [3.05, 3.63) is 188 Å². The second-order valence-corrected chi connectivity index (χ2v) is 16.7. The first-order valence-corrected chi connectivity index (χ1v) is 20.8. The molecule has 0 saturated carbocycles. The summed E-state index contributed by atoms with van der Waals surface area (Å²) in [5.41, 5.74) is 18.7. The van der Waals surface area contributed by atoms with E-state index in [2.05, 4.69) is 207 Å². The van der Waals surface area contributed by atoms with Gasteiger partial charge < -0.3 is 18.6 Å². The van der Waals surface area contributed by atoms with Gasteiger partial charge in [0.1, 0.15) is 0 Å². The second kappa shape index (κ2) is 11.2. The fourth-order valence-corrected chi connectivity index (χ4v) is 11.8. The van der Waals surface area contributed by atoms with Crippen LogP contribution >= 0.6 is 11.3 Å². The van der Waals surface area contributed by atoms with Crippen LogP contribution in [-0.4, -0.2) is 20.4 Å². The fraction of sp³-hybridized carbons (Fsp3) is 0. The number of thiophene rings is 1. The summed E-state index contributed by atoms with van der Waals surface area (Å²) in [7, 11) is 0. The number of hydrogen-bond acceptors (Lipinski definition) is 2. The van der Waals surface area contributed by atoms with Gasteiger partial charge >= 0.3 is 0 Å². The quantitative estimate of drug-likeness (QED) is 0.164. The highest BCUT2D eigenvalue weighted by Crippen LogP contribution is 2.47. The Morgan fingerprint density at radius 1 is 0.397 bits per heavy atom. The van der Waals surface area contributed by atoms with Crippen LogP contribution in [0.3, 0.4) is 0 Å². The SMILES string of the molecule is c1ccc(N(c2ccccc2)c2cc3c4c(c2)-n2c5c(cccc5c5c2c2ccccc2n5-c2ccccc2)B4c2cccc4c5sc6ccccc6c5n-3c24)cc1. The molecule has 14 rings (SSSR count). The lowest BCUT2D eigenvalue weighted by Crippen LogP contribution is -2.59. The fourth-order valence-electron chi connectivity index (χ4n) is 10.6. The van der Waals surface area contributed by atoms with Crippen LogP contribution in [0.4, 0.5) is 17.1 Å². The summed E-state index contributed by atoms with van der Waals surface area (Å²) in [5.74, 6) is 0. The third-order valence-corrected chi connectivity index (χ3v) is 14.0. The molecule has 0 radical (unpaired) electrons. The maximum atomic E-state index is 2.63. The molecule has 0 atom stereocenters. The molecule has 6 heteroatoms. The number of fused-ring (bicyclic) bond motifs is 14. The van der Waals surface area contributed by atoms with Gasteiger partial charge in [-0.1, -0.05) is 127 Å². The highest BCUT2D eigenvalue weighted by atomic mass is 32.1. The molecule has 4 nitrogen and oxygen atoms in total. The van der Waals surface area contributed by atoms with Crippen molar-refractivity contribution in [2.45, 2.75) is 0 Å². The van der Waals surface area contributed by atoms with Gasteiger partial charge in [0.05, 0.1) is 43.5 Å². The molecule has 12 aromatic rings. The van der Waals surface area contributed by atoms with E-state index in [9.17, 15) is 0 Å². The van der Waals surface area contributed by atoms with Gasteiger partial charge in [0.2, 0.25) is 0 Å². The van der Waals surface area contributed by atoms with Crippen LogP contribution in [0.5, 0.6) is 0 Å². The smallest absolute Gasteiger partial charge is 0.252 e. The molecule has 268 valence electrons. The van der Waals surface area contributed by atoms with Gasteiger partial charge in [-0.2, -0.15) is 0 Å². The van der Waals surface area contributed by atoms with Crippen molar-refractivity contribution in [1.82, 2.24) is 13.7 Å². The van der Waals surface area contributed by atoms with Gasteiger partial charge in [-0.3, -0.25) is 0 Å². The Kier molecular flexibility index (Phi) is 5.96. The summed E-state index contributed by atoms with van der Waals surface area (Å²) in [4.78, 5) is 2.43. The minimum absolute atomic E-state index is 0.0547. The number of rotatable bonds is 4. The second-order valence-electron chi connectivity index (χ2n) is 15.7. The zero-order chi connectivity index (χ0) is 37.6. The maximum Gasteiger partial charge on any atom is 0.252 e. The highest BCUT2D eigenvalue weighted by Gasteiger charge is 2.42. The predicted octanol–water partition coefficient (Wildman–Crippen LogP) is 11.7. The van der Waals surface area contributed by atoms with Crippen LogP contribution in [-0.2, 0) is 0 Å². The number of anilines is 3. The molecule has 0 spiro atoms. The molecular formula is C52H31BN4S. The topological polar surface area (TPSA) is 18.0 Å². The summed E-state index contributed by atoms with van der Waals surface area (Å²) in [5, 5.41) is 5.15. The zero-order valence-corrected chi connectivity index (χ0v) is 32.0. The van der Waals surface area contributed by atoms with Crippen LogP contribution in [0, 0.1) is 0 Å². The van der Waals surface area contributed by atoms with E-state index in [1.807, 2.05) is 11.3 Å². The largest absolute Gasteiger partial charge is 0.310 e. The monoisotopic (exact) mass is 754 g/mol. The third kappa shape index (κ3) is 3.81. The van der Waals surface area contributed by atoms with Crippen molar-refractivity contribution in [2.24, 2.45) is 0 Å². The Morgan fingerprint density at radius 3 is 1.64 bits per heavy atom. The summed E-state index contributed by atoms with van der Waals surface area (Å²) >= 11 is 1.92. The lowest BCUT2D eigenvalue weighted by molar-refractivity contribution is 1.14. The summed E-state index contributed by atoms with van der Waals surface area (Å²) < 4.78 is 10.4. The molecule has 8 aromatic carbocycles. The van der Waals surface area contributed by atoms with E-state index in [-0.39, 0.29) is 6.71 Å². The van der Waals surface area contributed by atoms with Gasteiger partial charge in [0, 0.05) is 54.7 Å². The van der Waals surface area contributed by atoms with Gasteiger partial charge in [-0.15, -0.1) is 11.3 Å². The first-order valence-electron chi connectivity index (χ1n) is 20.0. The third-order valence-electron chi connectivity index (χ3n) is 12.8. The zero-order valence-electron chi connectivity index (χ0n) is 31.2. The highest BCUT2D eigenvalue weighted by molar-refractivity contribution is 7.26. The molecular weight excluding hydrogens is 723 g/mol. The molecule has 0 amide bonds. The van der Waals surface area contributed by atoms with Crippen molar-refractivity contribution in [2.75, 3.05) is 4.90 Å². The van der Waals surface area contributed by atoms with Crippen molar-refractivity contribution >= 4 is 116 Å². The molecule has 0 saturated heterocycles. The molecule has 2 aliphatic rings. The van der Waals surface area contributed by atoms with E-state index < -0.39 is 0 Å². The first-order chi connectivity index (χ1) is 28.8. The number of para-hydroxylation sites is 6. The standard InChI is InChI=1S/C52H31BN4S/c1-4-16-32(17-5-1)54(33-18-6-2-7-19-33)35-30-43-46-44(31-35)57-48-39(52-51(57)37-23-11-13-29-45(37)58-52)25-15-27-41(48)53(46)40-26-14-24-38-47(40)56(43)49-36-22-10-12-28-42(36)55(50(38)49)34-20-8-3-9-21-34/h1-31H. The number of nitrogens with zero attached hydrogens (tertiary/aromatic N) is 4. The Bertz CT molecular complexity index is 3650. The summed E-state index contributed by atoms with van der Waals surface area (Å²) in [6.45, 7) is 0.0547. The van der Waals surface area contributed by atoms with Crippen LogP contribution in [0.1, 0.15) is 0 Å². The van der Waals surface area contributed by atoms with Crippen molar-refractivity contribution in [3.63, 3.8) is 0 Å². The molecule has 0 unspecified atom stereocenters. The number of aromatic nitrogens is 3. The Hall–Kier alpha value is -7.28. The number of hydrogen-bond donors (Lipinski definition) is 0. The molecule has 0 N–H and O–H groups in total. The molecule has 0 bridgehead atoms. The van der Waals surface area contributed by atoms with E-state index in [1.54, 1.807) is 0 Å². The predicted molar refractivity (Wildman–Crippen MR) is 247 cm³/mol. The van der Waals surface area contributed by atoms with Crippen LogP contribution in [0.2, 0.25) is 0 Å². The maximum absolute atomic E-state index is 2.63. The minimum atomic E-state index is 0.0547. The van der Waals surface area contributed by atoms with Gasteiger partial charge in [-0.05, 0) is 77.1 Å². The van der Waals surface area contributed by atoms with E-state index in [1.165, 1.54) is 97.5 Å². The Morgan fingerprint density at radius 2 is 0.931 bits per heavy atom. The lowest BCUT2D eigenvalue weighted by atomic mass is 9.34. The van der Waals surface area contributed by atoms with Gasteiger partial charge in [0.15, 0.2) is 0 Å². The van der Waals surface area contributed by atoms with Crippen LogP contribution in [0.25, 0.3) is 81.1 Å². The lowest BCUT2D eigenvalue weighted by Gasteiger charge is -2.35. The Balaban J connectivity index is 1.22. The normalized spacial score (nSPS) is 12.8. The van der Waals surface area contributed by atoms with E-state index in [0.717, 1.165) is 17.1 Å². The first kappa shape index (κ1) is 30.9. The van der Waals surface area contributed by atoms with E-state index in [4.69, 9.17) is 0 Å². The van der Waals surface area contributed by atoms with Crippen LogP contribution in [0.15, 0.2) is 188 Å². The van der Waals surface area contributed by atoms with E-state index in [0.29, 0.717) is 0 Å². The summed E-state index contributed by atoms with van der Waals surface area (Å²) in [6, 6.07) is 69.5. The molecule has 2 aliphatic heterocycles. The minimum Gasteiger partial charge on any atom is -0.310 e. The van der Waals surface area contributed by atoms with Gasteiger partial charge in [0.25, 0.3) is 6.71 Å². The van der Waals surface area contributed by atoms with Crippen molar-refractivity contribution in [3.8, 4) is 17.1 Å². The molecule has 0 fully saturated rings. The average Bonchev–Trinajstić information content (AvgIpc) is 4.02. The molecule has 4 aromatic heterocycles. The van der Waals surface area contributed by atoms with Crippen molar-refractivity contribution in [1.29, 1.82) is 0 Å². The molecule has 0 aliphatic carbocycles.